The lowest BCUT2D eigenvalue weighted by atomic mass is 9.79. The molecule has 2 fully saturated rings. The van der Waals surface area contributed by atoms with E-state index in [4.69, 9.17) is 24.1 Å². The van der Waals surface area contributed by atoms with Gasteiger partial charge in [-0.15, -0.1) is 0 Å². The van der Waals surface area contributed by atoms with Crippen LogP contribution in [0.15, 0.2) is 11.6 Å². The van der Waals surface area contributed by atoms with E-state index in [0.717, 1.165) is 19.3 Å². The van der Waals surface area contributed by atoms with E-state index in [1.54, 1.807) is 0 Å². The number of rotatable bonds is 7. The molecule has 2 saturated heterocycles. The van der Waals surface area contributed by atoms with Crippen LogP contribution in [0.5, 0.6) is 0 Å². The summed E-state index contributed by atoms with van der Waals surface area (Å²) in [4.78, 5) is 0. The molecule has 10 heteroatoms. The molecule has 0 bridgehead atoms. The number of aliphatic hydroxyl groups excluding tert-OH is 6. The van der Waals surface area contributed by atoms with Gasteiger partial charge in [0.2, 0.25) is 0 Å². The average molecular weight is 449 g/mol. The zero-order valence-corrected chi connectivity index (χ0v) is 18.2. The van der Waals surface area contributed by atoms with Crippen molar-refractivity contribution in [3.63, 3.8) is 0 Å². The molecule has 1 aliphatic carbocycles. The van der Waals surface area contributed by atoms with Crippen LogP contribution < -0.4 is 0 Å². The van der Waals surface area contributed by atoms with Crippen molar-refractivity contribution in [1.29, 1.82) is 0 Å². The first kappa shape index (κ1) is 25.0. The Bertz CT molecular complexity index is 625. The van der Waals surface area contributed by atoms with Crippen LogP contribution in [0.25, 0.3) is 0 Å². The average Bonchev–Trinajstić information content (AvgIpc) is 3.01. The van der Waals surface area contributed by atoms with Gasteiger partial charge in [-0.05, 0) is 46.0 Å². The summed E-state index contributed by atoms with van der Waals surface area (Å²) in [6.45, 7) is 5.11. The smallest absolute Gasteiger partial charge is 0.187 e. The quantitative estimate of drug-likeness (QED) is 0.261. The zero-order valence-electron chi connectivity index (χ0n) is 18.2. The number of hydrogen-bond acceptors (Lipinski definition) is 10. The SMILES string of the molecule is CC1=CC[C@@H](C(C)(C)O[C@@H]2O[C@H](CO[C@@H]3O[C@@H](CO)[C@H](O)[C@H]3O)[C@@H](O)[C@H](O)[C@H]2O)CC1. The van der Waals surface area contributed by atoms with E-state index in [1.165, 1.54) is 5.57 Å². The standard InChI is InChI=1S/C21H36O10/c1-10-4-6-11(7-5-10)21(2,3)31-20-18(27)16(25)15(24)13(30-20)9-28-19-17(26)14(23)12(8-22)29-19/h4,11-20,22-27H,5-9H2,1-3H3/t11-,12+,13-,14+,15-,16+,17-,18-,19-,20+/m1/s1. The maximum Gasteiger partial charge on any atom is 0.187 e. The van der Waals surface area contributed by atoms with Crippen molar-refractivity contribution in [2.45, 2.75) is 101 Å². The highest BCUT2D eigenvalue weighted by atomic mass is 16.7. The van der Waals surface area contributed by atoms with Gasteiger partial charge in [0.25, 0.3) is 0 Å². The van der Waals surface area contributed by atoms with Gasteiger partial charge in [0.15, 0.2) is 12.6 Å². The minimum absolute atomic E-state index is 0.199. The summed E-state index contributed by atoms with van der Waals surface area (Å²) >= 11 is 0. The molecule has 6 N–H and O–H groups in total. The van der Waals surface area contributed by atoms with Gasteiger partial charge in [-0.1, -0.05) is 11.6 Å². The topological polar surface area (TPSA) is 158 Å². The molecule has 10 nitrogen and oxygen atoms in total. The second-order valence-electron chi connectivity index (χ2n) is 9.30. The van der Waals surface area contributed by atoms with Gasteiger partial charge in [0.05, 0.1) is 18.8 Å². The van der Waals surface area contributed by atoms with Crippen LogP contribution in [0.1, 0.15) is 40.0 Å². The molecule has 180 valence electrons. The molecule has 0 aromatic heterocycles. The monoisotopic (exact) mass is 448 g/mol. The maximum absolute atomic E-state index is 10.4. The molecule has 0 saturated carbocycles. The Labute approximate surface area is 182 Å². The van der Waals surface area contributed by atoms with Crippen molar-refractivity contribution in [3.05, 3.63) is 11.6 Å². The lowest BCUT2D eigenvalue weighted by molar-refractivity contribution is -0.334. The first-order valence-corrected chi connectivity index (χ1v) is 10.8. The van der Waals surface area contributed by atoms with E-state index < -0.39 is 67.5 Å². The van der Waals surface area contributed by atoms with Crippen LogP contribution in [0.4, 0.5) is 0 Å². The molecule has 0 radical (unpaired) electrons. The maximum atomic E-state index is 10.4. The first-order chi connectivity index (χ1) is 14.5. The third-order valence-electron chi connectivity index (χ3n) is 6.63. The minimum atomic E-state index is -1.53. The molecular formula is C21H36O10. The van der Waals surface area contributed by atoms with Crippen LogP contribution >= 0.6 is 0 Å². The summed E-state index contributed by atoms with van der Waals surface area (Å²) < 4.78 is 22.5. The van der Waals surface area contributed by atoms with E-state index in [9.17, 15) is 25.5 Å². The van der Waals surface area contributed by atoms with Crippen LogP contribution in [0, 0.1) is 5.92 Å². The van der Waals surface area contributed by atoms with Gasteiger partial charge in [0.1, 0.15) is 42.7 Å². The number of ether oxygens (including phenoxy) is 4. The van der Waals surface area contributed by atoms with Crippen LogP contribution in [-0.2, 0) is 18.9 Å². The van der Waals surface area contributed by atoms with Crippen molar-refractivity contribution in [3.8, 4) is 0 Å². The van der Waals surface area contributed by atoms with E-state index in [1.807, 2.05) is 13.8 Å². The number of hydrogen-bond donors (Lipinski definition) is 6. The number of allylic oxidation sites excluding steroid dienone is 2. The van der Waals surface area contributed by atoms with Gasteiger partial charge < -0.3 is 49.6 Å². The fourth-order valence-electron chi connectivity index (χ4n) is 4.34. The van der Waals surface area contributed by atoms with Crippen molar-refractivity contribution in [2.75, 3.05) is 13.2 Å². The molecule has 3 rings (SSSR count). The minimum Gasteiger partial charge on any atom is -0.394 e. The third kappa shape index (κ3) is 5.47. The predicted molar refractivity (Wildman–Crippen MR) is 107 cm³/mol. The van der Waals surface area contributed by atoms with E-state index in [0.29, 0.717) is 0 Å². The molecule has 0 amide bonds. The van der Waals surface area contributed by atoms with Crippen LogP contribution in [0.3, 0.4) is 0 Å². The summed E-state index contributed by atoms with van der Waals surface area (Å²) in [5.74, 6) is 0.199. The molecule has 0 aromatic carbocycles. The number of aliphatic hydroxyl groups is 6. The van der Waals surface area contributed by atoms with E-state index in [-0.39, 0.29) is 12.5 Å². The Morgan fingerprint density at radius 1 is 0.935 bits per heavy atom. The Hall–Kier alpha value is -0.660. The van der Waals surface area contributed by atoms with Crippen molar-refractivity contribution in [2.24, 2.45) is 5.92 Å². The summed E-state index contributed by atoms with van der Waals surface area (Å²) in [5, 5.41) is 60.0. The molecule has 0 unspecified atom stereocenters. The summed E-state index contributed by atoms with van der Waals surface area (Å²) in [7, 11) is 0. The van der Waals surface area contributed by atoms with E-state index >= 15 is 0 Å². The highest BCUT2D eigenvalue weighted by molar-refractivity contribution is 5.05. The molecular weight excluding hydrogens is 412 g/mol. The fraction of sp³-hybridized carbons (Fsp3) is 0.905. The summed E-state index contributed by atoms with van der Waals surface area (Å²) in [5.41, 5.74) is 0.682. The molecule has 3 aliphatic rings. The largest absolute Gasteiger partial charge is 0.394 e. The summed E-state index contributed by atoms with van der Waals surface area (Å²) in [6.07, 6.45) is -6.74. The fourth-order valence-corrected chi connectivity index (χ4v) is 4.34. The predicted octanol–water partition coefficient (Wildman–Crippen LogP) is -1.21. The van der Waals surface area contributed by atoms with Gasteiger partial charge in [-0.25, -0.2) is 0 Å². The molecule has 10 atom stereocenters. The van der Waals surface area contributed by atoms with Gasteiger partial charge in [-0.3, -0.25) is 0 Å². The van der Waals surface area contributed by atoms with Crippen molar-refractivity contribution < 1.29 is 49.6 Å². The van der Waals surface area contributed by atoms with Gasteiger partial charge in [0, 0.05) is 0 Å². The third-order valence-corrected chi connectivity index (χ3v) is 6.63. The second kappa shape index (κ2) is 10.1. The lowest BCUT2D eigenvalue weighted by Gasteiger charge is -2.45. The van der Waals surface area contributed by atoms with Crippen LogP contribution in [-0.4, -0.2) is 105 Å². The second-order valence-corrected chi connectivity index (χ2v) is 9.30. The Kier molecular flexibility index (Phi) is 8.12. The van der Waals surface area contributed by atoms with Crippen LogP contribution in [0.2, 0.25) is 0 Å². The Balaban J connectivity index is 1.61. The molecule has 0 aromatic rings. The Morgan fingerprint density at radius 3 is 2.13 bits per heavy atom. The lowest BCUT2D eigenvalue weighted by Crippen LogP contribution is -2.61. The zero-order chi connectivity index (χ0) is 22.9. The molecule has 2 heterocycles. The molecule has 31 heavy (non-hydrogen) atoms. The molecule has 0 spiro atoms. The Morgan fingerprint density at radius 2 is 1.55 bits per heavy atom. The van der Waals surface area contributed by atoms with Crippen molar-refractivity contribution >= 4 is 0 Å². The van der Waals surface area contributed by atoms with Crippen molar-refractivity contribution in [1.82, 2.24) is 0 Å². The summed E-state index contributed by atoms with van der Waals surface area (Å²) in [6, 6.07) is 0. The van der Waals surface area contributed by atoms with Gasteiger partial charge >= 0.3 is 0 Å². The molecule has 2 aliphatic heterocycles. The highest BCUT2D eigenvalue weighted by Gasteiger charge is 2.49. The normalized spacial score (nSPS) is 44.4. The van der Waals surface area contributed by atoms with Gasteiger partial charge in [-0.2, -0.15) is 0 Å². The first-order valence-electron chi connectivity index (χ1n) is 10.8. The van der Waals surface area contributed by atoms with E-state index in [2.05, 4.69) is 13.0 Å². The highest BCUT2D eigenvalue weighted by Crippen LogP contribution is 2.37.